The lowest BCUT2D eigenvalue weighted by molar-refractivity contribution is 0.466. The summed E-state index contributed by atoms with van der Waals surface area (Å²) in [6, 6.07) is 10.2. The molecule has 0 radical (unpaired) electrons. The molecule has 0 aliphatic rings. The highest BCUT2D eigenvalue weighted by Crippen LogP contribution is 2.25. The summed E-state index contributed by atoms with van der Waals surface area (Å²) in [5.74, 6) is 1.35. The molecule has 0 aliphatic heterocycles. The Morgan fingerprint density at radius 2 is 1.71 bits per heavy atom. The minimum Gasteiger partial charge on any atom is -0.411 e. The summed E-state index contributed by atoms with van der Waals surface area (Å²) < 4.78 is 5.66. The predicted octanol–water partition coefficient (Wildman–Crippen LogP) is 4.04. The third-order valence-corrected chi connectivity index (χ3v) is 3.87. The maximum Gasteiger partial charge on any atom is 0.277 e. The van der Waals surface area contributed by atoms with Crippen molar-refractivity contribution in [2.75, 3.05) is 0 Å². The fraction of sp³-hybridized carbons (Fsp3) is 0.188. The predicted molar refractivity (Wildman–Crippen MR) is 83.0 cm³/mol. The van der Waals surface area contributed by atoms with E-state index in [-0.39, 0.29) is 0 Å². The number of thioether (sulfide) groups is 1. The number of aryl methyl sites for hydroxylation is 2. The van der Waals surface area contributed by atoms with Crippen LogP contribution in [-0.2, 0) is 5.75 Å². The molecule has 0 N–H and O–H groups in total. The van der Waals surface area contributed by atoms with Gasteiger partial charge in [-0.3, -0.25) is 4.98 Å². The first-order valence-electron chi connectivity index (χ1n) is 6.64. The summed E-state index contributed by atoms with van der Waals surface area (Å²) in [4.78, 5) is 3.98. The monoisotopic (exact) mass is 297 g/mol. The molecular weight excluding hydrogens is 282 g/mol. The smallest absolute Gasteiger partial charge is 0.277 e. The van der Waals surface area contributed by atoms with Crippen LogP contribution < -0.4 is 0 Å². The molecular formula is C16H15N3OS. The number of pyridine rings is 1. The zero-order valence-corrected chi connectivity index (χ0v) is 12.7. The summed E-state index contributed by atoms with van der Waals surface area (Å²) >= 11 is 1.55. The molecule has 2 heterocycles. The Kier molecular flexibility index (Phi) is 4.01. The topological polar surface area (TPSA) is 51.8 Å². The maximum atomic E-state index is 5.66. The second-order valence-corrected chi connectivity index (χ2v) is 5.82. The van der Waals surface area contributed by atoms with Crippen molar-refractivity contribution in [3.8, 4) is 11.5 Å². The zero-order chi connectivity index (χ0) is 14.7. The van der Waals surface area contributed by atoms with Gasteiger partial charge in [0.1, 0.15) is 0 Å². The number of aromatic nitrogens is 3. The van der Waals surface area contributed by atoms with E-state index in [2.05, 4.69) is 47.2 Å². The van der Waals surface area contributed by atoms with Crippen molar-refractivity contribution < 1.29 is 4.42 Å². The molecule has 3 aromatic rings. The molecule has 0 saturated carbocycles. The number of rotatable bonds is 4. The van der Waals surface area contributed by atoms with E-state index in [9.17, 15) is 0 Å². The molecule has 0 spiro atoms. The highest BCUT2D eigenvalue weighted by atomic mass is 32.2. The van der Waals surface area contributed by atoms with Gasteiger partial charge in [-0.2, -0.15) is 0 Å². The van der Waals surface area contributed by atoms with Crippen LogP contribution in [0.25, 0.3) is 11.5 Å². The van der Waals surface area contributed by atoms with E-state index in [1.165, 1.54) is 16.7 Å². The van der Waals surface area contributed by atoms with Crippen molar-refractivity contribution >= 4 is 11.8 Å². The first-order chi connectivity index (χ1) is 10.2. The van der Waals surface area contributed by atoms with Gasteiger partial charge in [0, 0.05) is 23.7 Å². The summed E-state index contributed by atoms with van der Waals surface area (Å²) in [5.41, 5.74) is 4.69. The summed E-state index contributed by atoms with van der Waals surface area (Å²) in [7, 11) is 0. The molecule has 5 heteroatoms. The summed E-state index contributed by atoms with van der Waals surface area (Å²) in [6.07, 6.45) is 3.42. The molecule has 0 unspecified atom stereocenters. The number of benzene rings is 1. The van der Waals surface area contributed by atoms with Crippen LogP contribution in [0.15, 0.2) is 52.4 Å². The van der Waals surface area contributed by atoms with Crippen molar-refractivity contribution in [3.63, 3.8) is 0 Å². The lowest BCUT2D eigenvalue weighted by Crippen LogP contribution is -1.85. The van der Waals surface area contributed by atoms with Gasteiger partial charge in [-0.1, -0.05) is 41.1 Å². The van der Waals surface area contributed by atoms with Gasteiger partial charge in [-0.15, -0.1) is 10.2 Å². The van der Waals surface area contributed by atoms with Gasteiger partial charge in [0.05, 0.1) is 0 Å². The first kappa shape index (κ1) is 13.8. The van der Waals surface area contributed by atoms with Crippen molar-refractivity contribution in [3.05, 3.63) is 59.4 Å². The van der Waals surface area contributed by atoms with E-state index in [4.69, 9.17) is 4.42 Å². The van der Waals surface area contributed by atoms with Crippen molar-refractivity contribution in [2.45, 2.75) is 24.8 Å². The van der Waals surface area contributed by atoms with E-state index in [0.29, 0.717) is 11.1 Å². The summed E-state index contributed by atoms with van der Waals surface area (Å²) in [6.45, 7) is 4.21. The molecule has 3 rings (SSSR count). The van der Waals surface area contributed by atoms with E-state index in [1.54, 1.807) is 24.2 Å². The quantitative estimate of drug-likeness (QED) is 0.680. The van der Waals surface area contributed by atoms with Gasteiger partial charge >= 0.3 is 0 Å². The average Bonchev–Trinajstić information content (AvgIpc) is 2.94. The molecule has 0 fully saturated rings. The van der Waals surface area contributed by atoms with Crippen LogP contribution in [0.3, 0.4) is 0 Å². The van der Waals surface area contributed by atoms with Crippen molar-refractivity contribution in [1.82, 2.24) is 15.2 Å². The number of hydrogen-bond donors (Lipinski definition) is 0. The van der Waals surface area contributed by atoms with Crippen LogP contribution in [-0.4, -0.2) is 15.2 Å². The normalized spacial score (nSPS) is 10.8. The molecule has 106 valence electrons. The van der Waals surface area contributed by atoms with Gasteiger partial charge in [-0.25, -0.2) is 0 Å². The van der Waals surface area contributed by atoms with Gasteiger partial charge in [0.15, 0.2) is 0 Å². The zero-order valence-electron chi connectivity index (χ0n) is 11.9. The Morgan fingerprint density at radius 1 is 1.00 bits per heavy atom. The van der Waals surface area contributed by atoms with Gasteiger partial charge < -0.3 is 4.42 Å². The minimum atomic E-state index is 0.528. The Bertz CT molecular complexity index is 720. The van der Waals surface area contributed by atoms with E-state index in [1.807, 2.05) is 12.1 Å². The van der Waals surface area contributed by atoms with Crippen LogP contribution >= 0.6 is 11.8 Å². The second-order valence-electron chi connectivity index (χ2n) is 4.89. The Morgan fingerprint density at radius 3 is 2.43 bits per heavy atom. The summed E-state index contributed by atoms with van der Waals surface area (Å²) in [5, 5.41) is 8.73. The molecule has 0 aliphatic carbocycles. The average molecular weight is 297 g/mol. The Balaban J connectivity index is 1.70. The minimum absolute atomic E-state index is 0.528. The molecule has 4 nitrogen and oxygen atoms in total. The second kappa shape index (κ2) is 6.10. The highest BCUT2D eigenvalue weighted by Gasteiger charge is 2.09. The third-order valence-electron chi connectivity index (χ3n) is 2.98. The molecule has 1 aromatic carbocycles. The lowest BCUT2D eigenvalue weighted by Gasteiger charge is -2.02. The molecule has 21 heavy (non-hydrogen) atoms. The van der Waals surface area contributed by atoms with Crippen LogP contribution in [0.5, 0.6) is 0 Å². The van der Waals surface area contributed by atoms with Gasteiger partial charge in [0.2, 0.25) is 5.89 Å². The molecule has 0 atom stereocenters. The molecule has 0 amide bonds. The Labute approximate surface area is 127 Å². The molecule has 0 bridgehead atoms. The standard InChI is InChI=1S/C16H15N3OS/c1-11-7-12(2)9-13(8-11)10-21-16-19-18-15(20-16)14-3-5-17-6-4-14/h3-9H,10H2,1-2H3. The number of nitrogens with zero attached hydrogens (tertiary/aromatic N) is 3. The van der Waals surface area contributed by atoms with Gasteiger partial charge in [-0.05, 0) is 31.5 Å². The van der Waals surface area contributed by atoms with Gasteiger partial charge in [0.25, 0.3) is 5.22 Å². The first-order valence-corrected chi connectivity index (χ1v) is 7.63. The SMILES string of the molecule is Cc1cc(C)cc(CSc2nnc(-c3ccncc3)o2)c1. The van der Waals surface area contributed by atoms with Crippen molar-refractivity contribution in [2.24, 2.45) is 0 Å². The maximum absolute atomic E-state index is 5.66. The molecule has 2 aromatic heterocycles. The molecule has 0 saturated heterocycles. The van der Waals surface area contributed by atoms with Crippen LogP contribution in [0.4, 0.5) is 0 Å². The fourth-order valence-corrected chi connectivity index (χ4v) is 2.87. The van der Waals surface area contributed by atoms with E-state index < -0.39 is 0 Å². The van der Waals surface area contributed by atoms with E-state index >= 15 is 0 Å². The highest BCUT2D eigenvalue weighted by molar-refractivity contribution is 7.98. The Hall–Kier alpha value is -2.14. The van der Waals surface area contributed by atoms with Crippen molar-refractivity contribution in [1.29, 1.82) is 0 Å². The third kappa shape index (κ3) is 3.49. The lowest BCUT2D eigenvalue weighted by atomic mass is 10.1. The fourth-order valence-electron chi connectivity index (χ4n) is 2.18. The number of hydrogen-bond acceptors (Lipinski definition) is 5. The van der Waals surface area contributed by atoms with Crippen LogP contribution in [0.2, 0.25) is 0 Å². The van der Waals surface area contributed by atoms with Crippen LogP contribution in [0.1, 0.15) is 16.7 Å². The van der Waals surface area contributed by atoms with E-state index in [0.717, 1.165) is 11.3 Å². The largest absolute Gasteiger partial charge is 0.411 e. The van der Waals surface area contributed by atoms with Crippen LogP contribution in [0, 0.1) is 13.8 Å².